The SMILES string of the molecule is COc1ccc(-n2nnnc2SCC(=O)Nc2cccc(C)c2C)cc1OC. The van der Waals surface area contributed by atoms with Crippen LogP contribution in [-0.2, 0) is 4.79 Å². The number of hydrogen-bond donors (Lipinski definition) is 1. The third-order valence-corrected chi connectivity index (χ3v) is 5.18. The van der Waals surface area contributed by atoms with Gasteiger partial charge in [-0.2, -0.15) is 4.68 Å². The van der Waals surface area contributed by atoms with Gasteiger partial charge >= 0.3 is 0 Å². The number of aromatic nitrogens is 4. The summed E-state index contributed by atoms with van der Waals surface area (Å²) in [4.78, 5) is 12.4. The summed E-state index contributed by atoms with van der Waals surface area (Å²) in [6, 6.07) is 11.2. The zero-order chi connectivity index (χ0) is 20.1. The van der Waals surface area contributed by atoms with Crippen LogP contribution in [0.4, 0.5) is 5.69 Å². The van der Waals surface area contributed by atoms with E-state index in [0.29, 0.717) is 22.3 Å². The van der Waals surface area contributed by atoms with Crippen LogP contribution in [0.2, 0.25) is 0 Å². The summed E-state index contributed by atoms with van der Waals surface area (Å²) in [6.45, 7) is 3.99. The molecule has 1 amide bonds. The van der Waals surface area contributed by atoms with Crippen molar-refractivity contribution in [3.05, 3.63) is 47.5 Å². The zero-order valence-corrected chi connectivity index (χ0v) is 16.9. The van der Waals surface area contributed by atoms with Crippen molar-refractivity contribution in [3.8, 4) is 17.2 Å². The molecule has 0 fully saturated rings. The molecule has 0 radical (unpaired) electrons. The Bertz CT molecular complexity index is 989. The first-order chi connectivity index (χ1) is 13.5. The Kier molecular flexibility index (Phi) is 6.15. The van der Waals surface area contributed by atoms with Crippen LogP contribution in [0.5, 0.6) is 11.5 Å². The Morgan fingerprint density at radius 2 is 1.93 bits per heavy atom. The van der Waals surface area contributed by atoms with Gasteiger partial charge in [-0.25, -0.2) is 0 Å². The first-order valence-corrected chi connectivity index (χ1v) is 9.51. The van der Waals surface area contributed by atoms with Crippen molar-refractivity contribution in [1.82, 2.24) is 20.2 Å². The molecule has 3 rings (SSSR count). The number of aryl methyl sites for hydroxylation is 1. The standard InChI is InChI=1S/C19H21N5O3S/c1-12-6-5-7-15(13(12)2)20-18(25)11-28-19-21-22-23-24(19)14-8-9-16(26-3)17(10-14)27-4/h5-10H,11H2,1-4H3,(H,20,25). The third kappa shape index (κ3) is 4.25. The fraction of sp³-hybridized carbons (Fsp3) is 0.263. The number of methoxy groups -OCH3 is 2. The van der Waals surface area contributed by atoms with Crippen LogP contribution < -0.4 is 14.8 Å². The molecule has 0 atom stereocenters. The number of nitrogens with zero attached hydrogens (tertiary/aromatic N) is 4. The number of carbonyl (C=O) groups is 1. The van der Waals surface area contributed by atoms with Gasteiger partial charge in [0.25, 0.3) is 0 Å². The van der Waals surface area contributed by atoms with E-state index in [1.165, 1.54) is 11.8 Å². The molecular formula is C19H21N5O3S. The van der Waals surface area contributed by atoms with E-state index in [4.69, 9.17) is 9.47 Å². The molecule has 8 nitrogen and oxygen atoms in total. The van der Waals surface area contributed by atoms with Gasteiger partial charge in [-0.15, -0.1) is 5.10 Å². The summed E-state index contributed by atoms with van der Waals surface area (Å²) in [5.41, 5.74) is 3.70. The lowest BCUT2D eigenvalue weighted by atomic mass is 10.1. The van der Waals surface area contributed by atoms with E-state index in [1.807, 2.05) is 38.1 Å². The van der Waals surface area contributed by atoms with Crippen molar-refractivity contribution in [1.29, 1.82) is 0 Å². The fourth-order valence-electron chi connectivity index (χ4n) is 2.59. The molecule has 0 saturated carbocycles. The van der Waals surface area contributed by atoms with Gasteiger partial charge in [0.05, 0.1) is 25.7 Å². The Hall–Kier alpha value is -3.07. The lowest BCUT2D eigenvalue weighted by molar-refractivity contribution is -0.113. The number of nitrogens with one attached hydrogen (secondary N) is 1. The summed E-state index contributed by atoms with van der Waals surface area (Å²) >= 11 is 1.25. The Morgan fingerprint density at radius 1 is 1.14 bits per heavy atom. The fourth-order valence-corrected chi connectivity index (χ4v) is 3.28. The summed E-state index contributed by atoms with van der Waals surface area (Å²) in [5, 5.41) is 15.2. The molecule has 0 bridgehead atoms. The molecule has 28 heavy (non-hydrogen) atoms. The number of benzene rings is 2. The molecule has 0 aliphatic carbocycles. The number of amides is 1. The van der Waals surface area contributed by atoms with Gasteiger partial charge in [0, 0.05) is 11.8 Å². The Balaban J connectivity index is 1.71. The van der Waals surface area contributed by atoms with Crippen LogP contribution in [0.15, 0.2) is 41.6 Å². The van der Waals surface area contributed by atoms with E-state index in [1.54, 1.807) is 31.0 Å². The minimum Gasteiger partial charge on any atom is -0.493 e. The quantitative estimate of drug-likeness (QED) is 0.611. The molecular weight excluding hydrogens is 378 g/mol. The number of rotatable bonds is 7. The highest BCUT2D eigenvalue weighted by molar-refractivity contribution is 7.99. The maximum Gasteiger partial charge on any atom is 0.234 e. The number of hydrogen-bond acceptors (Lipinski definition) is 7. The van der Waals surface area contributed by atoms with Crippen LogP contribution >= 0.6 is 11.8 Å². The summed E-state index contributed by atoms with van der Waals surface area (Å²) in [7, 11) is 3.14. The molecule has 1 aromatic heterocycles. The molecule has 0 unspecified atom stereocenters. The Morgan fingerprint density at radius 3 is 2.68 bits per heavy atom. The van der Waals surface area contributed by atoms with Gasteiger partial charge in [-0.3, -0.25) is 4.79 Å². The lowest BCUT2D eigenvalue weighted by Crippen LogP contribution is -2.15. The maximum absolute atomic E-state index is 12.4. The predicted molar refractivity (Wildman–Crippen MR) is 108 cm³/mol. The zero-order valence-electron chi connectivity index (χ0n) is 16.1. The number of anilines is 1. The topological polar surface area (TPSA) is 91.2 Å². The Labute approximate surface area is 167 Å². The molecule has 3 aromatic rings. The van der Waals surface area contributed by atoms with Gasteiger partial charge in [0.2, 0.25) is 11.1 Å². The number of thioether (sulfide) groups is 1. The first-order valence-electron chi connectivity index (χ1n) is 8.53. The summed E-state index contributed by atoms with van der Waals surface area (Å²) < 4.78 is 12.1. The lowest BCUT2D eigenvalue weighted by Gasteiger charge is -2.11. The first kappa shape index (κ1) is 19.7. The van der Waals surface area contributed by atoms with Crippen molar-refractivity contribution in [2.75, 3.05) is 25.3 Å². The van der Waals surface area contributed by atoms with Gasteiger partial charge in [0.1, 0.15) is 0 Å². The minimum absolute atomic E-state index is 0.124. The highest BCUT2D eigenvalue weighted by Crippen LogP contribution is 2.30. The van der Waals surface area contributed by atoms with Crippen molar-refractivity contribution in [2.45, 2.75) is 19.0 Å². The molecule has 9 heteroatoms. The van der Waals surface area contributed by atoms with Gasteiger partial charge in [-0.1, -0.05) is 23.9 Å². The smallest absolute Gasteiger partial charge is 0.234 e. The van der Waals surface area contributed by atoms with E-state index in [9.17, 15) is 4.79 Å². The monoisotopic (exact) mass is 399 g/mol. The normalized spacial score (nSPS) is 10.6. The van der Waals surface area contributed by atoms with Gasteiger partial charge in [0.15, 0.2) is 11.5 Å². The highest BCUT2D eigenvalue weighted by Gasteiger charge is 2.14. The predicted octanol–water partition coefficient (Wildman–Crippen LogP) is 3.03. The molecule has 0 spiro atoms. The second-order valence-electron chi connectivity index (χ2n) is 6.00. The van der Waals surface area contributed by atoms with Gasteiger partial charge in [-0.05, 0) is 53.6 Å². The van der Waals surface area contributed by atoms with E-state index in [2.05, 4.69) is 20.8 Å². The summed E-state index contributed by atoms with van der Waals surface area (Å²) in [6.07, 6.45) is 0. The molecule has 0 aliphatic rings. The molecule has 2 aromatic carbocycles. The molecule has 0 saturated heterocycles. The van der Waals surface area contributed by atoms with E-state index in [0.717, 1.165) is 16.8 Å². The van der Waals surface area contributed by atoms with Crippen molar-refractivity contribution < 1.29 is 14.3 Å². The van der Waals surface area contributed by atoms with E-state index in [-0.39, 0.29) is 11.7 Å². The molecule has 0 aliphatic heterocycles. The van der Waals surface area contributed by atoms with Crippen LogP contribution in [0.3, 0.4) is 0 Å². The second kappa shape index (κ2) is 8.75. The molecule has 1 N–H and O–H groups in total. The number of carbonyl (C=O) groups excluding carboxylic acids is 1. The maximum atomic E-state index is 12.4. The average molecular weight is 399 g/mol. The third-order valence-electron chi connectivity index (χ3n) is 4.26. The summed E-state index contributed by atoms with van der Waals surface area (Å²) in [5.74, 6) is 1.24. The van der Waals surface area contributed by atoms with Crippen molar-refractivity contribution in [2.24, 2.45) is 0 Å². The van der Waals surface area contributed by atoms with Crippen LogP contribution in [-0.4, -0.2) is 46.1 Å². The van der Waals surface area contributed by atoms with Gasteiger partial charge < -0.3 is 14.8 Å². The van der Waals surface area contributed by atoms with Crippen LogP contribution in [0.1, 0.15) is 11.1 Å². The van der Waals surface area contributed by atoms with Crippen molar-refractivity contribution >= 4 is 23.4 Å². The number of ether oxygens (including phenoxy) is 2. The van der Waals surface area contributed by atoms with Crippen LogP contribution in [0.25, 0.3) is 5.69 Å². The minimum atomic E-state index is -0.124. The van der Waals surface area contributed by atoms with E-state index >= 15 is 0 Å². The molecule has 146 valence electrons. The molecule has 1 heterocycles. The van der Waals surface area contributed by atoms with E-state index < -0.39 is 0 Å². The highest BCUT2D eigenvalue weighted by atomic mass is 32.2. The largest absolute Gasteiger partial charge is 0.493 e. The second-order valence-corrected chi connectivity index (χ2v) is 6.94. The van der Waals surface area contributed by atoms with Crippen molar-refractivity contribution in [3.63, 3.8) is 0 Å². The van der Waals surface area contributed by atoms with Crippen LogP contribution in [0, 0.1) is 13.8 Å². The number of tetrazole rings is 1. The average Bonchev–Trinajstić information content (AvgIpc) is 3.18.